The number of rotatable bonds is 8. The molecule has 1 aromatic rings. The molecular weight excluding hydrogens is 200 g/mol. The lowest BCUT2D eigenvalue weighted by molar-refractivity contribution is 0.282. The van der Waals surface area contributed by atoms with Crippen molar-refractivity contribution < 1.29 is 5.11 Å². The van der Waals surface area contributed by atoms with Crippen LogP contribution < -0.4 is 5.32 Å². The molecule has 3 nitrogen and oxygen atoms in total. The Morgan fingerprint density at radius 1 is 1.19 bits per heavy atom. The van der Waals surface area contributed by atoms with E-state index in [2.05, 4.69) is 23.3 Å². The lowest BCUT2D eigenvalue weighted by atomic mass is 10.2. The van der Waals surface area contributed by atoms with Gasteiger partial charge in [0.1, 0.15) is 0 Å². The Hall–Kier alpha value is -0.930. The number of unbranched alkanes of at least 4 members (excludes halogenated alkanes) is 3. The van der Waals surface area contributed by atoms with Crippen LogP contribution in [0.5, 0.6) is 0 Å². The summed E-state index contributed by atoms with van der Waals surface area (Å²) < 4.78 is 0. The smallest absolute Gasteiger partial charge is 0.0431 e. The SMILES string of the molecule is Cc1cncc(CNCCCCCCO)c1. The minimum atomic E-state index is 0.322. The molecule has 0 saturated heterocycles. The highest BCUT2D eigenvalue weighted by molar-refractivity contribution is 5.16. The molecule has 1 rings (SSSR count). The molecule has 0 aromatic carbocycles. The van der Waals surface area contributed by atoms with Gasteiger partial charge < -0.3 is 10.4 Å². The molecule has 90 valence electrons. The molecule has 3 heteroatoms. The first-order valence-electron chi connectivity index (χ1n) is 6.05. The molecule has 1 aromatic heterocycles. The maximum atomic E-state index is 8.62. The number of hydrogen-bond donors (Lipinski definition) is 2. The number of pyridine rings is 1. The van der Waals surface area contributed by atoms with Crippen molar-refractivity contribution in [1.82, 2.24) is 10.3 Å². The number of nitrogens with one attached hydrogen (secondary N) is 1. The van der Waals surface area contributed by atoms with Gasteiger partial charge in [-0.3, -0.25) is 4.98 Å². The van der Waals surface area contributed by atoms with Crippen LogP contribution in [0.1, 0.15) is 36.8 Å². The molecular formula is C13H22N2O. The lowest BCUT2D eigenvalue weighted by Gasteiger charge is -2.05. The van der Waals surface area contributed by atoms with Crippen molar-refractivity contribution in [1.29, 1.82) is 0 Å². The van der Waals surface area contributed by atoms with Gasteiger partial charge in [-0.25, -0.2) is 0 Å². The molecule has 0 amide bonds. The summed E-state index contributed by atoms with van der Waals surface area (Å²) in [6.45, 7) is 4.32. The van der Waals surface area contributed by atoms with E-state index >= 15 is 0 Å². The van der Waals surface area contributed by atoms with Crippen LogP contribution >= 0.6 is 0 Å². The Kier molecular flexibility index (Phi) is 6.77. The van der Waals surface area contributed by atoms with Crippen LogP contribution in [0.15, 0.2) is 18.5 Å². The van der Waals surface area contributed by atoms with Crippen LogP contribution in [0.25, 0.3) is 0 Å². The normalized spacial score (nSPS) is 10.6. The zero-order valence-corrected chi connectivity index (χ0v) is 10.1. The molecule has 0 aliphatic carbocycles. The van der Waals surface area contributed by atoms with E-state index in [0.29, 0.717) is 6.61 Å². The van der Waals surface area contributed by atoms with Crippen LogP contribution in [-0.2, 0) is 6.54 Å². The predicted molar refractivity (Wildman–Crippen MR) is 66.2 cm³/mol. The van der Waals surface area contributed by atoms with E-state index in [9.17, 15) is 0 Å². The summed E-state index contributed by atoms with van der Waals surface area (Å²) in [5, 5.41) is 12.0. The second-order valence-electron chi connectivity index (χ2n) is 4.19. The number of nitrogens with zero attached hydrogens (tertiary/aromatic N) is 1. The number of aryl methyl sites for hydroxylation is 1. The van der Waals surface area contributed by atoms with Crippen LogP contribution in [0, 0.1) is 6.92 Å². The molecule has 0 unspecified atom stereocenters. The molecule has 0 bridgehead atoms. The van der Waals surface area contributed by atoms with Crippen molar-refractivity contribution in [3.63, 3.8) is 0 Å². The monoisotopic (exact) mass is 222 g/mol. The number of aliphatic hydroxyl groups excluding tert-OH is 1. The molecule has 0 fully saturated rings. The first kappa shape index (κ1) is 13.1. The molecule has 2 N–H and O–H groups in total. The highest BCUT2D eigenvalue weighted by Crippen LogP contribution is 2.01. The predicted octanol–water partition coefficient (Wildman–Crippen LogP) is 2.03. The Morgan fingerprint density at radius 3 is 2.75 bits per heavy atom. The summed E-state index contributed by atoms with van der Waals surface area (Å²) >= 11 is 0. The van der Waals surface area contributed by atoms with Crippen LogP contribution in [0.4, 0.5) is 0 Å². The fourth-order valence-corrected chi connectivity index (χ4v) is 1.66. The van der Waals surface area contributed by atoms with Gasteiger partial charge in [0.2, 0.25) is 0 Å². The second-order valence-corrected chi connectivity index (χ2v) is 4.19. The van der Waals surface area contributed by atoms with Gasteiger partial charge >= 0.3 is 0 Å². The third-order valence-electron chi connectivity index (χ3n) is 2.52. The van der Waals surface area contributed by atoms with Gasteiger partial charge in [0.05, 0.1) is 0 Å². The van der Waals surface area contributed by atoms with Crippen molar-refractivity contribution in [2.45, 2.75) is 39.2 Å². The van der Waals surface area contributed by atoms with Gasteiger partial charge in [-0.15, -0.1) is 0 Å². The summed E-state index contributed by atoms with van der Waals surface area (Å²) in [7, 11) is 0. The van der Waals surface area contributed by atoms with Gasteiger partial charge in [-0.1, -0.05) is 18.9 Å². The summed E-state index contributed by atoms with van der Waals surface area (Å²) in [6, 6.07) is 2.16. The Bertz CT molecular complexity index is 289. The fourth-order valence-electron chi connectivity index (χ4n) is 1.66. The summed E-state index contributed by atoms with van der Waals surface area (Å²) in [5.41, 5.74) is 2.46. The molecule has 0 aliphatic rings. The molecule has 0 atom stereocenters. The van der Waals surface area contributed by atoms with Crippen molar-refractivity contribution >= 4 is 0 Å². The Balaban J connectivity index is 2.03. The lowest BCUT2D eigenvalue weighted by Crippen LogP contribution is -2.14. The summed E-state index contributed by atoms with van der Waals surface area (Å²) in [5.74, 6) is 0. The molecule has 0 aliphatic heterocycles. The van der Waals surface area contributed by atoms with Crippen LogP contribution in [0.3, 0.4) is 0 Å². The van der Waals surface area contributed by atoms with E-state index in [1.54, 1.807) is 0 Å². The third-order valence-corrected chi connectivity index (χ3v) is 2.52. The molecule has 16 heavy (non-hydrogen) atoms. The number of hydrogen-bond acceptors (Lipinski definition) is 3. The van der Waals surface area contributed by atoms with E-state index in [1.165, 1.54) is 24.0 Å². The van der Waals surface area contributed by atoms with Gasteiger partial charge in [0, 0.05) is 25.5 Å². The topological polar surface area (TPSA) is 45.2 Å². The number of aromatic nitrogens is 1. The minimum absolute atomic E-state index is 0.322. The first-order valence-corrected chi connectivity index (χ1v) is 6.05. The van der Waals surface area contributed by atoms with E-state index in [0.717, 1.165) is 25.9 Å². The maximum Gasteiger partial charge on any atom is 0.0431 e. The van der Waals surface area contributed by atoms with Crippen molar-refractivity contribution in [2.24, 2.45) is 0 Å². The van der Waals surface area contributed by atoms with Crippen LogP contribution in [0.2, 0.25) is 0 Å². The Morgan fingerprint density at radius 2 is 2.00 bits per heavy atom. The molecule has 0 saturated carbocycles. The Labute approximate surface area is 97.9 Å². The average Bonchev–Trinajstić information content (AvgIpc) is 2.28. The van der Waals surface area contributed by atoms with E-state index < -0.39 is 0 Å². The van der Waals surface area contributed by atoms with E-state index in [1.807, 2.05) is 12.4 Å². The molecule has 1 heterocycles. The quantitative estimate of drug-likeness (QED) is 0.662. The molecule has 0 radical (unpaired) electrons. The second kappa shape index (κ2) is 8.25. The third kappa shape index (κ3) is 5.83. The zero-order chi connectivity index (χ0) is 11.6. The van der Waals surface area contributed by atoms with Crippen molar-refractivity contribution in [2.75, 3.05) is 13.2 Å². The van der Waals surface area contributed by atoms with Crippen molar-refractivity contribution in [3.05, 3.63) is 29.6 Å². The van der Waals surface area contributed by atoms with Gasteiger partial charge in [0.25, 0.3) is 0 Å². The summed E-state index contributed by atoms with van der Waals surface area (Å²) in [6.07, 6.45) is 8.22. The minimum Gasteiger partial charge on any atom is -0.396 e. The molecule has 0 spiro atoms. The van der Waals surface area contributed by atoms with Crippen molar-refractivity contribution in [3.8, 4) is 0 Å². The van der Waals surface area contributed by atoms with Gasteiger partial charge in [-0.2, -0.15) is 0 Å². The maximum absolute atomic E-state index is 8.62. The summed E-state index contributed by atoms with van der Waals surface area (Å²) in [4.78, 5) is 4.16. The standard InChI is InChI=1S/C13H22N2O/c1-12-8-13(11-15-9-12)10-14-6-4-2-3-5-7-16/h8-9,11,14,16H,2-7,10H2,1H3. The highest BCUT2D eigenvalue weighted by Gasteiger charge is 1.94. The van der Waals surface area contributed by atoms with Gasteiger partial charge in [-0.05, 0) is 37.4 Å². The van der Waals surface area contributed by atoms with Crippen LogP contribution in [-0.4, -0.2) is 23.2 Å². The van der Waals surface area contributed by atoms with E-state index in [4.69, 9.17) is 5.11 Å². The van der Waals surface area contributed by atoms with Gasteiger partial charge in [0.15, 0.2) is 0 Å². The van der Waals surface area contributed by atoms with E-state index in [-0.39, 0.29) is 0 Å². The largest absolute Gasteiger partial charge is 0.396 e. The number of aliphatic hydroxyl groups is 1. The first-order chi connectivity index (χ1) is 7.83. The zero-order valence-electron chi connectivity index (χ0n) is 10.1. The highest BCUT2D eigenvalue weighted by atomic mass is 16.2. The average molecular weight is 222 g/mol. The fraction of sp³-hybridized carbons (Fsp3) is 0.615.